The second-order valence-electron chi connectivity index (χ2n) is 6.12. The molecule has 4 nitrogen and oxygen atoms in total. The largest absolute Gasteiger partial charge is 0.481 e. The van der Waals surface area contributed by atoms with E-state index >= 15 is 0 Å². The quantitative estimate of drug-likeness (QED) is 0.836. The van der Waals surface area contributed by atoms with Crippen LogP contribution in [0.1, 0.15) is 58.3 Å². The Balaban J connectivity index is 1.91. The molecule has 2 aliphatic rings. The number of rotatable bonds is 2. The minimum absolute atomic E-state index is 0.0659. The smallest absolute Gasteiger partial charge is 0.306 e. The van der Waals surface area contributed by atoms with Crippen LogP contribution in [-0.4, -0.2) is 34.5 Å². The second kappa shape index (κ2) is 6.40. The van der Waals surface area contributed by atoms with Crippen molar-refractivity contribution in [2.75, 3.05) is 6.54 Å². The van der Waals surface area contributed by atoms with Crippen LogP contribution in [0.3, 0.4) is 0 Å². The number of hydrogen-bond donors (Lipinski definition) is 1. The number of carbonyl (C=O) groups is 2. The van der Waals surface area contributed by atoms with Crippen LogP contribution in [0.4, 0.5) is 0 Å². The van der Waals surface area contributed by atoms with Gasteiger partial charge in [-0.2, -0.15) is 0 Å². The first-order chi connectivity index (χ1) is 9.09. The summed E-state index contributed by atoms with van der Waals surface area (Å²) >= 11 is 0. The van der Waals surface area contributed by atoms with Crippen molar-refractivity contribution in [3.63, 3.8) is 0 Å². The SMILES string of the molecule is CC1CCCCCN1C(=O)C1CCC(C(=O)O)CC1. The number of aliphatic carboxylic acids is 1. The van der Waals surface area contributed by atoms with Crippen LogP contribution in [0.25, 0.3) is 0 Å². The maximum Gasteiger partial charge on any atom is 0.306 e. The Hall–Kier alpha value is -1.06. The number of likely N-dealkylation sites (tertiary alicyclic amines) is 1. The molecule has 0 bridgehead atoms. The van der Waals surface area contributed by atoms with E-state index in [0.29, 0.717) is 18.9 Å². The van der Waals surface area contributed by atoms with E-state index < -0.39 is 5.97 Å². The highest BCUT2D eigenvalue weighted by atomic mass is 16.4. The number of amides is 1. The van der Waals surface area contributed by atoms with Gasteiger partial charge in [-0.1, -0.05) is 12.8 Å². The molecule has 0 aromatic carbocycles. The molecular weight excluding hydrogens is 242 g/mol. The summed E-state index contributed by atoms with van der Waals surface area (Å²) in [4.78, 5) is 25.6. The van der Waals surface area contributed by atoms with Crippen molar-refractivity contribution in [2.24, 2.45) is 11.8 Å². The van der Waals surface area contributed by atoms with Gasteiger partial charge in [0.15, 0.2) is 0 Å². The third-order valence-corrected chi connectivity index (χ3v) is 4.76. The monoisotopic (exact) mass is 267 g/mol. The first-order valence-electron chi connectivity index (χ1n) is 7.63. The molecule has 0 aromatic heterocycles. The number of carbonyl (C=O) groups excluding carboxylic acids is 1. The van der Waals surface area contributed by atoms with Gasteiger partial charge >= 0.3 is 5.97 Å². The summed E-state index contributed by atoms with van der Waals surface area (Å²) in [5, 5.41) is 9.00. The van der Waals surface area contributed by atoms with Crippen LogP contribution in [0.15, 0.2) is 0 Å². The standard InChI is InChI=1S/C15H25NO3/c1-11-5-3-2-4-10-16(11)14(17)12-6-8-13(9-7-12)15(18)19/h11-13H,2-10H2,1H3,(H,18,19). The number of hydrogen-bond acceptors (Lipinski definition) is 2. The molecule has 1 aliphatic carbocycles. The molecule has 19 heavy (non-hydrogen) atoms. The van der Waals surface area contributed by atoms with Gasteiger partial charge in [-0.15, -0.1) is 0 Å². The fourth-order valence-electron chi connectivity index (χ4n) is 3.42. The molecule has 1 saturated heterocycles. The molecule has 4 heteroatoms. The van der Waals surface area contributed by atoms with Crippen LogP contribution in [-0.2, 0) is 9.59 Å². The van der Waals surface area contributed by atoms with Gasteiger partial charge in [0.1, 0.15) is 0 Å². The number of carboxylic acids is 1. The van der Waals surface area contributed by atoms with Crippen LogP contribution < -0.4 is 0 Å². The molecule has 0 radical (unpaired) electrons. The summed E-state index contributed by atoms with van der Waals surface area (Å²) in [5.41, 5.74) is 0. The van der Waals surface area contributed by atoms with E-state index in [4.69, 9.17) is 5.11 Å². The van der Waals surface area contributed by atoms with Gasteiger partial charge in [0.05, 0.1) is 5.92 Å². The third-order valence-electron chi connectivity index (χ3n) is 4.76. The van der Waals surface area contributed by atoms with Crippen molar-refractivity contribution in [1.29, 1.82) is 0 Å². The first kappa shape index (κ1) is 14.4. The van der Waals surface area contributed by atoms with Crippen molar-refractivity contribution >= 4 is 11.9 Å². The molecule has 0 aromatic rings. The van der Waals surface area contributed by atoms with Gasteiger partial charge in [0, 0.05) is 18.5 Å². The summed E-state index contributed by atoms with van der Waals surface area (Å²) in [7, 11) is 0. The minimum atomic E-state index is -0.700. The minimum Gasteiger partial charge on any atom is -0.481 e. The lowest BCUT2D eigenvalue weighted by atomic mass is 9.81. The fraction of sp³-hybridized carbons (Fsp3) is 0.867. The Bertz CT molecular complexity index is 334. The Morgan fingerprint density at radius 3 is 2.21 bits per heavy atom. The summed E-state index contributed by atoms with van der Waals surface area (Å²) < 4.78 is 0. The summed E-state index contributed by atoms with van der Waals surface area (Å²) in [6, 6.07) is 0.354. The predicted octanol–water partition coefficient (Wildman–Crippen LogP) is 2.67. The van der Waals surface area contributed by atoms with E-state index in [1.54, 1.807) is 0 Å². The van der Waals surface area contributed by atoms with E-state index in [9.17, 15) is 9.59 Å². The molecule has 1 heterocycles. The zero-order valence-electron chi connectivity index (χ0n) is 11.8. The molecular formula is C15H25NO3. The van der Waals surface area contributed by atoms with Gasteiger partial charge in [0.2, 0.25) is 5.91 Å². The Labute approximate surface area is 115 Å². The third kappa shape index (κ3) is 3.48. The van der Waals surface area contributed by atoms with E-state index in [2.05, 4.69) is 11.8 Å². The molecule has 1 amide bonds. The average molecular weight is 267 g/mol. The van der Waals surface area contributed by atoms with Crippen molar-refractivity contribution in [2.45, 2.75) is 64.3 Å². The van der Waals surface area contributed by atoms with Crippen LogP contribution >= 0.6 is 0 Å². The lowest BCUT2D eigenvalue weighted by molar-refractivity contribution is -0.146. The van der Waals surface area contributed by atoms with Gasteiger partial charge in [-0.05, 0) is 45.4 Å². The highest BCUT2D eigenvalue weighted by molar-refractivity contribution is 5.79. The van der Waals surface area contributed by atoms with Gasteiger partial charge in [-0.3, -0.25) is 9.59 Å². The van der Waals surface area contributed by atoms with Crippen LogP contribution in [0.2, 0.25) is 0 Å². The highest BCUT2D eigenvalue weighted by Gasteiger charge is 2.33. The zero-order valence-corrected chi connectivity index (χ0v) is 11.8. The molecule has 1 aliphatic heterocycles. The molecule has 1 saturated carbocycles. The van der Waals surface area contributed by atoms with E-state index in [0.717, 1.165) is 32.2 Å². The van der Waals surface area contributed by atoms with Crippen LogP contribution in [0, 0.1) is 11.8 Å². The number of nitrogens with zero attached hydrogens (tertiary/aromatic N) is 1. The molecule has 1 unspecified atom stereocenters. The first-order valence-corrected chi connectivity index (χ1v) is 7.63. The molecule has 2 fully saturated rings. The van der Waals surface area contributed by atoms with E-state index in [-0.39, 0.29) is 17.7 Å². The Kier molecular flexibility index (Phi) is 4.83. The van der Waals surface area contributed by atoms with Crippen molar-refractivity contribution in [1.82, 2.24) is 4.90 Å². The maximum atomic E-state index is 12.6. The van der Waals surface area contributed by atoms with Gasteiger partial charge in [-0.25, -0.2) is 0 Å². The Morgan fingerprint density at radius 1 is 0.947 bits per heavy atom. The summed E-state index contributed by atoms with van der Waals surface area (Å²) in [6.07, 6.45) is 7.48. The molecule has 1 N–H and O–H groups in total. The topological polar surface area (TPSA) is 57.6 Å². The lowest BCUT2D eigenvalue weighted by Gasteiger charge is -2.33. The predicted molar refractivity (Wildman–Crippen MR) is 72.7 cm³/mol. The number of carboxylic acid groups (broad SMARTS) is 1. The van der Waals surface area contributed by atoms with Crippen molar-refractivity contribution < 1.29 is 14.7 Å². The van der Waals surface area contributed by atoms with E-state index in [1.807, 2.05) is 0 Å². The molecule has 0 spiro atoms. The highest BCUT2D eigenvalue weighted by Crippen LogP contribution is 2.31. The maximum absolute atomic E-state index is 12.6. The Morgan fingerprint density at radius 2 is 1.58 bits per heavy atom. The van der Waals surface area contributed by atoms with E-state index in [1.165, 1.54) is 12.8 Å². The van der Waals surface area contributed by atoms with Crippen molar-refractivity contribution in [3.8, 4) is 0 Å². The normalized spacial score (nSPS) is 32.7. The average Bonchev–Trinajstić information content (AvgIpc) is 2.63. The zero-order chi connectivity index (χ0) is 13.8. The fourth-order valence-corrected chi connectivity index (χ4v) is 3.42. The summed E-state index contributed by atoms with van der Waals surface area (Å²) in [6.45, 7) is 3.03. The molecule has 1 atom stereocenters. The lowest BCUT2D eigenvalue weighted by Crippen LogP contribution is -2.43. The second-order valence-corrected chi connectivity index (χ2v) is 6.12. The molecule has 2 rings (SSSR count). The molecule has 108 valence electrons. The summed E-state index contributed by atoms with van der Waals surface area (Å²) in [5.74, 6) is -0.589. The van der Waals surface area contributed by atoms with Crippen LogP contribution in [0.5, 0.6) is 0 Å². The van der Waals surface area contributed by atoms with Crippen molar-refractivity contribution in [3.05, 3.63) is 0 Å². The van der Waals surface area contributed by atoms with Gasteiger partial charge in [0.25, 0.3) is 0 Å². The van der Waals surface area contributed by atoms with Gasteiger partial charge < -0.3 is 10.0 Å².